The minimum Gasteiger partial charge on any atom is -0.356 e. The van der Waals surface area contributed by atoms with Crippen molar-refractivity contribution in [1.82, 2.24) is 20.3 Å². The molecule has 0 aliphatic carbocycles. The predicted octanol–water partition coefficient (Wildman–Crippen LogP) is 3.39. The first-order valence-electron chi connectivity index (χ1n) is 10.3. The molecule has 7 heteroatoms. The highest BCUT2D eigenvalue weighted by Crippen LogP contribution is 2.41. The molecule has 1 aromatic heterocycles. The van der Waals surface area contributed by atoms with Gasteiger partial charge in [0.25, 0.3) is 0 Å². The average molecular weight is 403 g/mol. The first-order chi connectivity index (χ1) is 14.6. The third-order valence-electron chi connectivity index (χ3n) is 5.24. The number of benzene rings is 2. The molecule has 0 saturated carbocycles. The quantitative estimate of drug-likeness (QED) is 0.708. The number of hydrogen-bond donors (Lipinski definition) is 1. The number of anilines is 1. The fourth-order valence-corrected chi connectivity index (χ4v) is 3.89. The van der Waals surface area contributed by atoms with Crippen LogP contribution in [0.25, 0.3) is 22.5 Å². The normalized spacial score (nSPS) is 12.3. The molecule has 1 aliphatic heterocycles. The Morgan fingerprint density at radius 2 is 1.80 bits per heavy atom. The molecule has 0 fully saturated rings. The summed E-state index contributed by atoms with van der Waals surface area (Å²) in [5, 5.41) is 11.6. The minimum absolute atomic E-state index is 0.0459. The Morgan fingerprint density at radius 1 is 1.07 bits per heavy atom. The second kappa shape index (κ2) is 8.49. The van der Waals surface area contributed by atoms with Crippen molar-refractivity contribution in [2.75, 3.05) is 11.4 Å². The number of nitrogens with zero attached hydrogens (tertiary/aromatic N) is 4. The highest BCUT2D eigenvalue weighted by Gasteiger charge is 2.28. The van der Waals surface area contributed by atoms with Crippen LogP contribution in [0.3, 0.4) is 0 Å². The lowest BCUT2D eigenvalue weighted by Gasteiger charge is -2.28. The second-order valence-corrected chi connectivity index (χ2v) is 7.40. The number of fused-ring (bicyclic) bond motifs is 5. The molecule has 0 bridgehead atoms. The van der Waals surface area contributed by atoms with Gasteiger partial charge in [-0.05, 0) is 18.1 Å². The molecular weight excluding hydrogens is 378 g/mol. The smallest absolute Gasteiger partial charge is 0.229 e. The molecule has 1 N–H and O–H groups in total. The summed E-state index contributed by atoms with van der Waals surface area (Å²) in [6, 6.07) is 15.9. The van der Waals surface area contributed by atoms with Crippen molar-refractivity contribution in [1.29, 1.82) is 0 Å². The molecule has 30 heavy (non-hydrogen) atoms. The molecule has 2 heterocycles. The summed E-state index contributed by atoms with van der Waals surface area (Å²) < 4.78 is 1.96. The Bertz CT molecular complexity index is 1090. The minimum atomic E-state index is -0.140. The molecule has 0 spiro atoms. The van der Waals surface area contributed by atoms with E-state index in [4.69, 9.17) is 0 Å². The second-order valence-electron chi connectivity index (χ2n) is 7.40. The van der Waals surface area contributed by atoms with Crippen LogP contribution in [0.15, 0.2) is 48.5 Å². The SMILES string of the molecule is CCCn1nnc2c1-c1ccccc1CN(C(=O)CCNC(C)=O)c1ccccc1-2. The van der Waals surface area contributed by atoms with Gasteiger partial charge in [-0.3, -0.25) is 9.59 Å². The highest BCUT2D eigenvalue weighted by atomic mass is 16.2. The Kier molecular flexibility index (Phi) is 5.61. The van der Waals surface area contributed by atoms with Gasteiger partial charge in [0.15, 0.2) is 0 Å². The van der Waals surface area contributed by atoms with Crippen LogP contribution >= 0.6 is 0 Å². The van der Waals surface area contributed by atoms with Gasteiger partial charge in [0, 0.05) is 37.6 Å². The number of carbonyl (C=O) groups is 2. The van der Waals surface area contributed by atoms with Crippen LogP contribution in [-0.4, -0.2) is 33.4 Å². The molecule has 4 rings (SSSR count). The Morgan fingerprint density at radius 3 is 2.57 bits per heavy atom. The maximum Gasteiger partial charge on any atom is 0.229 e. The number of hydrogen-bond acceptors (Lipinski definition) is 4. The van der Waals surface area contributed by atoms with E-state index in [-0.39, 0.29) is 18.2 Å². The highest BCUT2D eigenvalue weighted by molar-refractivity contribution is 6.00. The summed E-state index contributed by atoms with van der Waals surface area (Å²) in [5.41, 5.74) is 5.55. The fraction of sp³-hybridized carbons (Fsp3) is 0.304. The Hall–Kier alpha value is -3.48. The summed E-state index contributed by atoms with van der Waals surface area (Å²) in [7, 11) is 0. The van der Waals surface area contributed by atoms with Gasteiger partial charge < -0.3 is 10.2 Å². The van der Waals surface area contributed by atoms with Gasteiger partial charge in [-0.1, -0.05) is 54.6 Å². The van der Waals surface area contributed by atoms with E-state index in [0.29, 0.717) is 13.1 Å². The van der Waals surface area contributed by atoms with Crippen LogP contribution in [0.2, 0.25) is 0 Å². The fourth-order valence-electron chi connectivity index (χ4n) is 3.89. The van der Waals surface area contributed by atoms with Gasteiger partial charge in [-0.25, -0.2) is 4.68 Å². The van der Waals surface area contributed by atoms with E-state index >= 15 is 0 Å². The van der Waals surface area contributed by atoms with Crippen LogP contribution in [-0.2, 0) is 22.7 Å². The molecular formula is C23H25N5O2. The third-order valence-corrected chi connectivity index (χ3v) is 5.24. The molecule has 2 aromatic carbocycles. The third kappa shape index (κ3) is 3.70. The number of aromatic nitrogens is 3. The molecule has 0 radical (unpaired) electrons. The van der Waals surface area contributed by atoms with E-state index in [1.165, 1.54) is 6.92 Å². The summed E-state index contributed by atoms with van der Waals surface area (Å²) >= 11 is 0. The van der Waals surface area contributed by atoms with E-state index in [2.05, 4.69) is 28.6 Å². The van der Waals surface area contributed by atoms with Gasteiger partial charge in [-0.15, -0.1) is 5.10 Å². The van der Waals surface area contributed by atoms with Crippen molar-refractivity contribution < 1.29 is 9.59 Å². The molecule has 0 atom stereocenters. The van der Waals surface area contributed by atoms with Crippen molar-refractivity contribution in [2.45, 2.75) is 39.8 Å². The monoisotopic (exact) mass is 403 g/mol. The number of amides is 2. The van der Waals surface area contributed by atoms with Crippen molar-refractivity contribution in [3.8, 4) is 22.5 Å². The van der Waals surface area contributed by atoms with Crippen molar-refractivity contribution in [3.63, 3.8) is 0 Å². The number of para-hydroxylation sites is 1. The maximum absolute atomic E-state index is 13.2. The lowest BCUT2D eigenvalue weighted by Crippen LogP contribution is -2.34. The summed E-state index contributed by atoms with van der Waals surface area (Å²) in [4.78, 5) is 26.2. The van der Waals surface area contributed by atoms with Gasteiger partial charge in [0.1, 0.15) is 5.69 Å². The topological polar surface area (TPSA) is 80.1 Å². The zero-order valence-electron chi connectivity index (χ0n) is 17.3. The summed E-state index contributed by atoms with van der Waals surface area (Å²) in [6.45, 7) is 5.10. The van der Waals surface area contributed by atoms with Crippen LogP contribution in [0.1, 0.15) is 32.3 Å². The molecule has 154 valence electrons. The molecule has 7 nitrogen and oxygen atoms in total. The number of rotatable bonds is 5. The number of carbonyl (C=O) groups excluding carboxylic acids is 2. The molecule has 2 amide bonds. The number of nitrogens with one attached hydrogen (secondary N) is 1. The van der Waals surface area contributed by atoms with E-state index in [1.807, 2.05) is 47.1 Å². The van der Waals surface area contributed by atoms with Crippen molar-refractivity contribution in [3.05, 3.63) is 54.1 Å². The first kappa shape index (κ1) is 19.8. The molecule has 0 unspecified atom stereocenters. The zero-order valence-corrected chi connectivity index (χ0v) is 17.3. The van der Waals surface area contributed by atoms with E-state index in [0.717, 1.165) is 46.7 Å². The van der Waals surface area contributed by atoms with Crippen LogP contribution in [0.4, 0.5) is 5.69 Å². The standard InChI is InChI=1S/C23H25N5O2/c1-3-14-28-23-18-9-5-4-8-17(18)15-27(21(30)12-13-24-16(2)29)20-11-7-6-10-19(20)22(23)25-26-28/h4-11H,3,12-15H2,1-2H3,(H,24,29). The van der Waals surface area contributed by atoms with Gasteiger partial charge >= 0.3 is 0 Å². The average Bonchev–Trinajstić information content (AvgIpc) is 3.14. The van der Waals surface area contributed by atoms with Crippen molar-refractivity contribution >= 4 is 17.5 Å². The Balaban J connectivity index is 1.85. The molecule has 1 aliphatic rings. The van der Waals surface area contributed by atoms with E-state index < -0.39 is 0 Å². The molecule has 0 saturated heterocycles. The maximum atomic E-state index is 13.2. The van der Waals surface area contributed by atoms with E-state index in [9.17, 15) is 9.59 Å². The van der Waals surface area contributed by atoms with Gasteiger partial charge in [-0.2, -0.15) is 0 Å². The molecule has 3 aromatic rings. The first-order valence-corrected chi connectivity index (χ1v) is 10.3. The lowest BCUT2D eigenvalue weighted by atomic mass is 9.95. The van der Waals surface area contributed by atoms with Crippen LogP contribution in [0, 0.1) is 0 Å². The lowest BCUT2D eigenvalue weighted by molar-refractivity contribution is -0.120. The zero-order chi connectivity index (χ0) is 21.1. The summed E-state index contributed by atoms with van der Waals surface area (Å²) in [6.07, 6.45) is 1.18. The van der Waals surface area contributed by atoms with E-state index in [1.54, 1.807) is 4.90 Å². The van der Waals surface area contributed by atoms with Crippen molar-refractivity contribution in [2.24, 2.45) is 0 Å². The van der Waals surface area contributed by atoms with Gasteiger partial charge in [0.2, 0.25) is 11.8 Å². The summed E-state index contributed by atoms with van der Waals surface area (Å²) in [5.74, 6) is -0.186. The van der Waals surface area contributed by atoms with Crippen LogP contribution in [0.5, 0.6) is 0 Å². The van der Waals surface area contributed by atoms with Crippen LogP contribution < -0.4 is 10.2 Å². The predicted molar refractivity (Wildman–Crippen MR) is 116 cm³/mol. The van der Waals surface area contributed by atoms with Gasteiger partial charge in [0.05, 0.1) is 17.9 Å². The number of aryl methyl sites for hydroxylation is 1. The Labute approximate surface area is 175 Å². The largest absolute Gasteiger partial charge is 0.356 e.